The lowest BCUT2D eigenvalue weighted by molar-refractivity contribution is 0.122. The number of morpholine rings is 1. The average Bonchev–Trinajstić information content (AvgIpc) is 2.55. The summed E-state index contributed by atoms with van der Waals surface area (Å²) in [5, 5.41) is 12.6. The molecule has 1 atom stereocenters. The van der Waals surface area contributed by atoms with Crippen LogP contribution >= 0.6 is 0 Å². The maximum atomic E-state index is 9.49. The number of aliphatic hydroxyl groups is 1. The van der Waals surface area contributed by atoms with E-state index in [9.17, 15) is 5.11 Å². The van der Waals surface area contributed by atoms with Crippen LogP contribution in [-0.2, 0) is 4.74 Å². The molecule has 1 aliphatic rings. The fourth-order valence-electron chi connectivity index (χ4n) is 1.90. The van der Waals surface area contributed by atoms with Gasteiger partial charge in [0.25, 0.3) is 0 Å². The summed E-state index contributed by atoms with van der Waals surface area (Å²) >= 11 is 0. The van der Waals surface area contributed by atoms with Crippen LogP contribution < -0.4 is 21.5 Å². The van der Waals surface area contributed by atoms with Gasteiger partial charge in [-0.15, -0.1) is 0 Å². The first-order valence-corrected chi connectivity index (χ1v) is 7.04. The Morgan fingerprint density at radius 2 is 1.95 bits per heavy atom. The molecule has 0 radical (unpaired) electrons. The van der Waals surface area contributed by atoms with E-state index >= 15 is 0 Å². The Balaban J connectivity index is 2.24. The number of nitrogens with one attached hydrogen (secondary N) is 2. The molecule has 0 amide bonds. The number of hydrogen-bond acceptors (Lipinski definition) is 9. The highest BCUT2D eigenvalue weighted by atomic mass is 16.5. The third-order valence-electron chi connectivity index (χ3n) is 3.59. The molecule has 118 valence electrons. The van der Waals surface area contributed by atoms with Crippen LogP contribution in [0.25, 0.3) is 0 Å². The Labute approximate surface area is 123 Å². The van der Waals surface area contributed by atoms with E-state index in [-0.39, 0.29) is 12.6 Å². The lowest BCUT2D eigenvalue weighted by Crippen LogP contribution is -2.40. The first-order valence-electron chi connectivity index (χ1n) is 7.04. The third kappa shape index (κ3) is 3.90. The molecule has 21 heavy (non-hydrogen) atoms. The Bertz CT molecular complexity index is 461. The monoisotopic (exact) mass is 297 g/mol. The molecule has 1 aliphatic heterocycles. The van der Waals surface area contributed by atoms with Gasteiger partial charge in [-0.25, -0.2) is 5.84 Å². The Morgan fingerprint density at radius 1 is 1.29 bits per heavy atom. The predicted molar refractivity (Wildman–Crippen MR) is 80.1 cm³/mol. The van der Waals surface area contributed by atoms with Crippen molar-refractivity contribution in [2.45, 2.75) is 25.8 Å². The number of nitrogens with zero attached hydrogens (tertiary/aromatic N) is 4. The van der Waals surface area contributed by atoms with Crippen LogP contribution in [0.3, 0.4) is 0 Å². The summed E-state index contributed by atoms with van der Waals surface area (Å²) in [6, 6.07) is 0. The van der Waals surface area contributed by atoms with Crippen LogP contribution in [0.5, 0.6) is 0 Å². The molecule has 1 saturated heterocycles. The molecular weight excluding hydrogens is 274 g/mol. The van der Waals surface area contributed by atoms with Crippen LogP contribution in [0.4, 0.5) is 17.8 Å². The molecule has 1 aromatic heterocycles. The Kier molecular flexibility index (Phi) is 5.10. The average molecular weight is 297 g/mol. The number of nitrogen functional groups attached to an aromatic ring is 1. The minimum absolute atomic E-state index is 0.0204. The summed E-state index contributed by atoms with van der Waals surface area (Å²) in [5.74, 6) is 6.63. The maximum Gasteiger partial charge on any atom is 0.243 e. The fraction of sp³-hybridized carbons (Fsp3) is 0.750. The second-order valence-electron chi connectivity index (χ2n) is 5.22. The smallest absolute Gasteiger partial charge is 0.243 e. The lowest BCUT2D eigenvalue weighted by Gasteiger charge is -2.29. The third-order valence-corrected chi connectivity index (χ3v) is 3.59. The highest BCUT2D eigenvalue weighted by Crippen LogP contribution is 2.19. The van der Waals surface area contributed by atoms with Crippen molar-refractivity contribution in [3.05, 3.63) is 0 Å². The topological polar surface area (TPSA) is 121 Å². The van der Waals surface area contributed by atoms with Crippen molar-refractivity contribution >= 4 is 17.8 Å². The van der Waals surface area contributed by atoms with Crippen molar-refractivity contribution in [3.8, 4) is 0 Å². The standard InChI is InChI=1S/C12H23N7O2/c1-3-12(2,8-20)17-9-14-10(18-13)16-11(15-9)19-4-6-21-7-5-19/h20H,3-8,13H2,1-2H3,(H2,14,15,16,17,18). The molecule has 0 spiro atoms. The highest BCUT2D eigenvalue weighted by Gasteiger charge is 2.23. The zero-order valence-corrected chi connectivity index (χ0v) is 12.5. The van der Waals surface area contributed by atoms with Gasteiger partial charge in [-0.2, -0.15) is 15.0 Å². The number of anilines is 3. The summed E-state index contributed by atoms with van der Waals surface area (Å²) in [6.07, 6.45) is 0.730. The summed E-state index contributed by atoms with van der Waals surface area (Å²) in [7, 11) is 0. The van der Waals surface area contributed by atoms with Gasteiger partial charge in [0.05, 0.1) is 25.4 Å². The molecule has 5 N–H and O–H groups in total. The van der Waals surface area contributed by atoms with Crippen molar-refractivity contribution in [1.29, 1.82) is 0 Å². The van der Waals surface area contributed by atoms with E-state index in [0.29, 0.717) is 25.1 Å². The van der Waals surface area contributed by atoms with Gasteiger partial charge in [0.1, 0.15) is 0 Å². The van der Waals surface area contributed by atoms with Crippen LogP contribution in [0, 0.1) is 0 Å². The molecule has 2 heterocycles. The zero-order chi connectivity index (χ0) is 15.3. The van der Waals surface area contributed by atoms with Crippen molar-refractivity contribution in [1.82, 2.24) is 15.0 Å². The second kappa shape index (κ2) is 6.83. The van der Waals surface area contributed by atoms with Gasteiger partial charge in [-0.3, -0.25) is 5.43 Å². The molecule has 1 aromatic rings. The minimum atomic E-state index is -0.491. The van der Waals surface area contributed by atoms with E-state index < -0.39 is 5.54 Å². The van der Waals surface area contributed by atoms with Gasteiger partial charge in [0.15, 0.2) is 0 Å². The minimum Gasteiger partial charge on any atom is -0.394 e. The molecule has 1 fully saturated rings. The van der Waals surface area contributed by atoms with Crippen molar-refractivity contribution in [2.75, 3.05) is 48.6 Å². The summed E-state index contributed by atoms with van der Waals surface area (Å²) < 4.78 is 5.32. The number of hydrazine groups is 1. The second-order valence-corrected chi connectivity index (χ2v) is 5.22. The summed E-state index contributed by atoms with van der Waals surface area (Å²) in [6.45, 7) is 6.59. The number of aromatic nitrogens is 3. The number of rotatable bonds is 6. The normalized spacial score (nSPS) is 18.2. The van der Waals surface area contributed by atoms with E-state index in [2.05, 4.69) is 25.7 Å². The first kappa shape index (κ1) is 15.7. The fourth-order valence-corrected chi connectivity index (χ4v) is 1.90. The lowest BCUT2D eigenvalue weighted by atomic mass is 10.0. The molecule has 9 nitrogen and oxygen atoms in total. The Hall–Kier alpha value is -1.71. The predicted octanol–water partition coefficient (Wildman–Crippen LogP) is -0.433. The summed E-state index contributed by atoms with van der Waals surface area (Å²) in [5.41, 5.74) is 1.96. The van der Waals surface area contributed by atoms with Crippen molar-refractivity contribution in [2.24, 2.45) is 5.84 Å². The van der Waals surface area contributed by atoms with Crippen LogP contribution in [0.2, 0.25) is 0 Å². The molecule has 1 unspecified atom stereocenters. The van der Waals surface area contributed by atoms with Gasteiger partial charge >= 0.3 is 0 Å². The molecule has 9 heteroatoms. The molecular formula is C12H23N7O2. The SMILES string of the molecule is CCC(C)(CO)Nc1nc(NN)nc(N2CCOCC2)n1. The van der Waals surface area contributed by atoms with Crippen molar-refractivity contribution in [3.63, 3.8) is 0 Å². The zero-order valence-electron chi connectivity index (χ0n) is 12.5. The van der Waals surface area contributed by atoms with E-state index in [1.54, 1.807) is 0 Å². The van der Waals surface area contributed by atoms with Gasteiger partial charge in [-0.1, -0.05) is 6.92 Å². The largest absolute Gasteiger partial charge is 0.394 e. The van der Waals surface area contributed by atoms with Crippen LogP contribution in [0.15, 0.2) is 0 Å². The van der Waals surface area contributed by atoms with Gasteiger partial charge in [0.2, 0.25) is 17.8 Å². The molecule has 2 rings (SSSR count). The van der Waals surface area contributed by atoms with Crippen molar-refractivity contribution < 1.29 is 9.84 Å². The molecule has 0 bridgehead atoms. The molecule has 0 aliphatic carbocycles. The quantitative estimate of drug-likeness (QED) is 0.409. The number of nitrogens with two attached hydrogens (primary N) is 1. The van der Waals surface area contributed by atoms with E-state index in [1.165, 1.54) is 0 Å². The van der Waals surface area contributed by atoms with Crippen LogP contribution in [0.1, 0.15) is 20.3 Å². The number of aliphatic hydroxyl groups excluding tert-OH is 1. The maximum absolute atomic E-state index is 9.49. The van der Waals surface area contributed by atoms with E-state index in [4.69, 9.17) is 10.6 Å². The molecule has 0 saturated carbocycles. The van der Waals surface area contributed by atoms with Gasteiger partial charge in [0, 0.05) is 13.1 Å². The van der Waals surface area contributed by atoms with Gasteiger partial charge < -0.3 is 20.1 Å². The summed E-state index contributed by atoms with van der Waals surface area (Å²) in [4.78, 5) is 14.9. The van der Waals surface area contributed by atoms with Gasteiger partial charge in [-0.05, 0) is 13.3 Å². The number of hydrogen-bond donors (Lipinski definition) is 4. The van der Waals surface area contributed by atoms with Crippen LogP contribution in [-0.4, -0.2) is 58.5 Å². The van der Waals surface area contributed by atoms with E-state index in [0.717, 1.165) is 19.5 Å². The first-order chi connectivity index (χ1) is 10.1. The highest BCUT2D eigenvalue weighted by molar-refractivity contribution is 5.44. The Morgan fingerprint density at radius 3 is 2.52 bits per heavy atom. The molecule has 0 aromatic carbocycles. The van der Waals surface area contributed by atoms with E-state index in [1.807, 2.05) is 18.7 Å². The number of ether oxygens (including phenoxy) is 1.